The van der Waals surface area contributed by atoms with E-state index in [2.05, 4.69) is 32.4 Å². The average molecular weight is 239 g/mol. The summed E-state index contributed by atoms with van der Waals surface area (Å²) in [6.07, 6.45) is 3.32. The first-order chi connectivity index (χ1) is 3.91. The highest BCUT2D eigenvalue weighted by Gasteiger charge is 1.79. The molecule has 0 saturated carbocycles. The Hall–Kier alpha value is 0.640. The van der Waals surface area contributed by atoms with Gasteiger partial charge in [0, 0.05) is 34.8 Å². The standard InChI is InChI=1S/C6H8IS/c7-5-3-1-2-4-6-8/h1-2,4,6H2. The maximum absolute atomic E-state index is 4.75. The Labute approximate surface area is 70.0 Å². The Morgan fingerprint density at radius 1 is 1.38 bits per heavy atom. The molecule has 0 aromatic rings. The fourth-order valence-electron chi connectivity index (χ4n) is 0.363. The minimum absolute atomic E-state index is 0.878. The van der Waals surface area contributed by atoms with E-state index in [1.807, 2.05) is 0 Å². The zero-order valence-corrected chi connectivity index (χ0v) is 7.59. The predicted octanol–water partition coefficient (Wildman–Crippen LogP) is 2.75. The van der Waals surface area contributed by atoms with Gasteiger partial charge in [0.15, 0.2) is 0 Å². The molecule has 0 fully saturated rings. The molecule has 8 heavy (non-hydrogen) atoms. The number of rotatable bonds is 3. The van der Waals surface area contributed by atoms with Crippen LogP contribution in [0.15, 0.2) is 0 Å². The topological polar surface area (TPSA) is 0 Å². The molecule has 0 N–H and O–H groups in total. The summed E-state index contributed by atoms with van der Waals surface area (Å²) in [6, 6.07) is 0. The Morgan fingerprint density at radius 2 is 2.12 bits per heavy atom. The third-order valence-electron chi connectivity index (χ3n) is 0.763. The molecule has 0 bridgehead atoms. The number of hydrogen-bond acceptors (Lipinski definition) is 0. The summed E-state index contributed by atoms with van der Waals surface area (Å²) < 4.78 is 2.81. The van der Waals surface area contributed by atoms with Crippen molar-refractivity contribution in [3.63, 3.8) is 0 Å². The predicted molar refractivity (Wildman–Crippen MR) is 48.1 cm³/mol. The van der Waals surface area contributed by atoms with Crippen molar-refractivity contribution in [3.8, 4) is 9.85 Å². The zero-order chi connectivity index (χ0) is 6.24. The van der Waals surface area contributed by atoms with Crippen LogP contribution in [0.4, 0.5) is 0 Å². The molecule has 1 radical (unpaired) electrons. The SMILES string of the molecule is [S]CCCCC#CI. The largest absolute Gasteiger partial charge is 0.0942 e. The molecule has 0 spiro atoms. The van der Waals surface area contributed by atoms with Crippen molar-refractivity contribution < 1.29 is 0 Å². The van der Waals surface area contributed by atoms with Crippen molar-refractivity contribution >= 4 is 35.2 Å². The van der Waals surface area contributed by atoms with Gasteiger partial charge in [-0.3, -0.25) is 0 Å². The fourth-order valence-corrected chi connectivity index (χ4v) is 0.837. The molecule has 0 aliphatic carbocycles. The average Bonchev–Trinajstić information content (AvgIpc) is 1.81. The van der Waals surface area contributed by atoms with Crippen LogP contribution in [0.5, 0.6) is 0 Å². The lowest BCUT2D eigenvalue weighted by Crippen LogP contribution is -1.73. The summed E-state index contributed by atoms with van der Waals surface area (Å²) in [5.74, 6) is 3.85. The van der Waals surface area contributed by atoms with Crippen LogP contribution in [0.2, 0.25) is 0 Å². The van der Waals surface area contributed by atoms with Gasteiger partial charge in [-0.15, -0.1) is 0 Å². The molecule has 45 valence electrons. The molecule has 0 aromatic heterocycles. The quantitative estimate of drug-likeness (QED) is 0.403. The van der Waals surface area contributed by atoms with Crippen molar-refractivity contribution in [2.45, 2.75) is 19.3 Å². The summed E-state index contributed by atoms with van der Waals surface area (Å²) >= 11 is 6.80. The van der Waals surface area contributed by atoms with Crippen LogP contribution in [-0.4, -0.2) is 5.75 Å². The number of halogens is 1. The first-order valence-electron chi connectivity index (χ1n) is 2.58. The number of unbranched alkanes of at least 4 members (excludes halogenated alkanes) is 2. The lowest BCUT2D eigenvalue weighted by atomic mass is 10.3. The molecule has 0 saturated heterocycles. The monoisotopic (exact) mass is 239 g/mol. The highest BCUT2D eigenvalue weighted by molar-refractivity contribution is 14.1. The van der Waals surface area contributed by atoms with Gasteiger partial charge < -0.3 is 0 Å². The van der Waals surface area contributed by atoms with E-state index in [-0.39, 0.29) is 0 Å². The molecule has 0 aliphatic rings. The molecule has 0 heterocycles. The van der Waals surface area contributed by atoms with Gasteiger partial charge in [-0.2, -0.15) is 0 Å². The van der Waals surface area contributed by atoms with Gasteiger partial charge in [0.2, 0.25) is 0 Å². The van der Waals surface area contributed by atoms with Crippen molar-refractivity contribution in [1.82, 2.24) is 0 Å². The van der Waals surface area contributed by atoms with Gasteiger partial charge in [-0.05, 0) is 16.8 Å². The van der Waals surface area contributed by atoms with Crippen molar-refractivity contribution in [1.29, 1.82) is 0 Å². The molecular weight excluding hydrogens is 231 g/mol. The van der Waals surface area contributed by atoms with Crippen molar-refractivity contribution in [2.75, 3.05) is 5.75 Å². The molecule has 0 rings (SSSR count). The van der Waals surface area contributed by atoms with Crippen LogP contribution in [0.3, 0.4) is 0 Å². The minimum Gasteiger partial charge on any atom is -0.0942 e. The van der Waals surface area contributed by atoms with Gasteiger partial charge >= 0.3 is 0 Å². The second-order valence-corrected chi connectivity index (χ2v) is 2.38. The van der Waals surface area contributed by atoms with Crippen LogP contribution >= 0.6 is 35.2 Å². The van der Waals surface area contributed by atoms with Crippen LogP contribution in [0.25, 0.3) is 0 Å². The highest BCUT2D eigenvalue weighted by atomic mass is 127. The van der Waals surface area contributed by atoms with E-state index in [0.717, 1.165) is 18.6 Å². The smallest absolute Gasteiger partial charge is 0.0181 e. The van der Waals surface area contributed by atoms with Gasteiger partial charge in [0.1, 0.15) is 0 Å². The Balaban J connectivity index is 2.79. The second kappa shape index (κ2) is 7.64. The van der Waals surface area contributed by atoms with E-state index in [4.69, 9.17) is 12.6 Å². The van der Waals surface area contributed by atoms with Crippen LogP contribution in [0, 0.1) is 9.85 Å². The van der Waals surface area contributed by atoms with Gasteiger partial charge in [0.05, 0.1) is 0 Å². The summed E-state index contributed by atoms with van der Waals surface area (Å²) in [4.78, 5) is 0. The molecule has 0 aromatic carbocycles. The third-order valence-corrected chi connectivity index (χ3v) is 1.43. The zero-order valence-electron chi connectivity index (χ0n) is 4.61. The van der Waals surface area contributed by atoms with E-state index in [9.17, 15) is 0 Å². The molecular formula is C6H8IS. The Bertz CT molecular complexity index is 90.4. The molecule has 0 atom stereocenters. The van der Waals surface area contributed by atoms with Crippen LogP contribution < -0.4 is 0 Å². The van der Waals surface area contributed by atoms with Crippen molar-refractivity contribution in [2.24, 2.45) is 0 Å². The Kier molecular flexibility index (Phi) is 8.25. The lowest BCUT2D eigenvalue weighted by molar-refractivity contribution is 0.839. The van der Waals surface area contributed by atoms with Gasteiger partial charge in [-0.25, -0.2) is 0 Å². The summed E-state index contributed by atoms with van der Waals surface area (Å²) in [6.45, 7) is 0. The van der Waals surface area contributed by atoms with E-state index < -0.39 is 0 Å². The van der Waals surface area contributed by atoms with Gasteiger partial charge in [-0.1, -0.05) is 18.5 Å². The molecule has 0 unspecified atom stereocenters. The molecule has 0 amide bonds. The summed E-state index contributed by atoms with van der Waals surface area (Å²) in [7, 11) is 0. The summed E-state index contributed by atoms with van der Waals surface area (Å²) in [5.41, 5.74) is 0. The van der Waals surface area contributed by atoms with E-state index in [1.54, 1.807) is 0 Å². The molecule has 0 aliphatic heterocycles. The van der Waals surface area contributed by atoms with E-state index >= 15 is 0 Å². The van der Waals surface area contributed by atoms with Crippen LogP contribution in [-0.2, 0) is 0 Å². The first kappa shape index (κ1) is 8.64. The highest BCUT2D eigenvalue weighted by Crippen LogP contribution is 1.94. The third kappa shape index (κ3) is 6.64. The van der Waals surface area contributed by atoms with Crippen molar-refractivity contribution in [3.05, 3.63) is 0 Å². The number of hydrogen-bond donors (Lipinski definition) is 0. The molecule has 2 heteroatoms. The van der Waals surface area contributed by atoms with E-state index in [1.165, 1.54) is 6.42 Å². The van der Waals surface area contributed by atoms with E-state index in [0.29, 0.717) is 0 Å². The fraction of sp³-hybridized carbons (Fsp3) is 0.667. The van der Waals surface area contributed by atoms with Gasteiger partial charge in [0.25, 0.3) is 0 Å². The van der Waals surface area contributed by atoms with Crippen LogP contribution in [0.1, 0.15) is 19.3 Å². The minimum atomic E-state index is 0.878. The maximum atomic E-state index is 4.75. The summed E-state index contributed by atoms with van der Waals surface area (Å²) in [5, 5.41) is 0. The first-order valence-corrected chi connectivity index (χ1v) is 4.24. The maximum Gasteiger partial charge on any atom is 0.0181 e. The second-order valence-electron chi connectivity index (χ2n) is 1.43. The molecule has 0 nitrogen and oxygen atoms in total. The Morgan fingerprint density at radius 3 is 2.62 bits per heavy atom. The lowest BCUT2D eigenvalue weighted by Gasteiger charge is -1.85. The normalized spacial score (nSPS) is 7.75.